The van der Waals surface area contributed by atoms with Gasteiger partial charge in [-0.2, -0.15) is 0 Å². The van der Waals surface area contributed by atoms with Crippen LogP contribution in [0.15, 0.2) is 47.0 Å². The number of carbonyl (C=O) groups is 1. The molecule has 0 amide bonds. The van der Waals surface area contributed by atoms with Crippen molar-refractivity contribution in [2.24, 2.45) is 5.92 Å². The second-order valence-electron chi connectivity index (χ2n) is 7.19. The van der Waals surface area contributed by atoms with E-state index in [1.165, 1.54) is 5.56 Å². The molecule has 3 heterocycles. The molecular formula is C22H24N4O3. The molecule has 0 N–H and O–H groups in total. The molecule has 1 fully saturated rings. The number of ether oxygens (including phenoxy) is 1. The Balaban J connectivity index is 1.60. The van der Waals surface area contributed by atoms with Gasteiger partial charge >= 0.3 is 5.97 Å². The van der Waals surface area contributed by atoms with E-state index in [2.05, 4.69) is 20.1 Å². The van der Waals surface area contributed by atoms with Crippen LogP contribution in [0, 0.1) is 12.8 Å². The van der Waals surface area contributed by atoms with E-state index in [4.69, 9.17) is 9.15 Å². The molecule has 1 aliphatic heterocycles. The number of anilines is 1. The number of esters is 1. The molecule has 0 radical (unpaired) electrons. The molecule has 1 aromatic carbocycles. The topological polar surface area (TPSA) is 81.4 Å². The third-order valence-corrected chi connectivity index (χ3v) is 5.08. The van der Waals surface area contributed by atoms with Gasteiger partial charge in [0, 0.05) is 24.8 Å². The number of piperidine rings is 1. The number of hydrogen-bond acceptors (Lipinski definition) is 7. The Labute approximate surface area is 169 Å². The van der Waals surface area contributed by atoms with E-state index in [0.717, 1.165) is 36.3 Å². The predicted molar refractivity (Wildman–Crippen MR) is 109 cm³/mol. The normalized spacial score (nSPS) is 16.6. The Morgan fingerprint density at radius 3 is 2.79 bits per heavy atom. The summed E-state index contributed by atoms with van der Waals surface area (Å²) in [6, 6.07) is 11.7. The third-order valence-electron chi connectivity index (χ3n) is 5.08. The fourth-order valence-corrected chi connectivity index (χ4v) is 3.58. The van der Waals surface area contributed by atoms with Gasteiger partial charge in [-0.05, 0) is 51.0 Å². The highest BCUT2D eigenvalue weighted by atomic mass is 16.5. The van der Waals surface area contributed by atoms with E-state index in [9.17, 15) is 4.79 Å². The molecule has 1 aliphatic rings. The van der Waals surface area contributed by atoms with E-state index in [-0.39, 0.29) is 11.9 Å². The summed E-state index contributed by atoms with van der Waals surface area (Å²) in [5.41, 5.74) is 2.81. The van der Waals surface area contributed by atoms with Crippen molar-refractivity contribution >= 4 is 11.8 Å². The lowest BCUT2D eigenvalue weighted by Gasteiger charge is -2.33. The minimum atomic E-state index is -0.149. The second-order valence-corrected chi connectivity index (χ2v) is 7.19. The Morgan fingerprint density at radius 1 is 1.21 bits per heavy atom. The van der Waals surface area contributed by atoms with Gasteiger partial charge in [-0.3, -0.25) is 4.79 Å². The van der Waals surface area contributed by atoms with Crippen LogP contribution in [0.2, 0.25) is 0 Å². The van der Waals surface area contributed by atoms with Crippen LogP contribution in [0.4, 0.5) is 5.82 Å². The quantitative estimate of drug-likeness (QED) is 0.609. The zero-order valence-corrected chi connectivity index (χ0v) is 16.7. The van der Waals surface area contributed by atoms with Gasteiger partial charge in [0.05, 0.1) is 18.1 Å². The molecule has 4 rings (SSSR count). The van der Waals surface area contributed by atoms with E-state index in [1.807, 2.05) is 50.2 Å². The summed E-state index contributed by atoms with van der Waals surface area (Å²) in [5, 5.41) is 8.46. The summed E-state index contributed by atoms with van der Waals surface area (Å²) in [6.07, 6.45) is 3.47. The van der Waals surface area contributed by atoms with E-state index >= 15 is 0 Å². The lowest BCUT2D eigenvalue weighted by Crippen LogP contribution is -2.40. The summed E-state index contributed by atoms with van der Waals surface area (Å²) in [4.78, 5) is 18.9. The molecule has 2 aromatic heterocycles. The highest BCUT2D eigenvalue weighted by Crippen LogP contribution is 2.32. The number of aryl methyl sites for hydroxylation is 1. The largest absolute Gasteiger partial charge is 0.466 e. The first-order chi connectivity index (χ1) is 14.2. The lowest BCUT2D eigenvalue weighted by atomic mass is 9.98. The van der Waals surface area contributed by atoms with Crippen LogP contribution in [0.1, 0.15) is 25.3 Å². The van der Waals surface area contributed by atoms with E-state index in [1.54, 1.807) is 6.20 Å². The average molecular weight is 392 g/mol. The van der Waals surface area contributed by atoms with Crippen molar-refractivity contribution in [3.63, 3.8) is 0 Å². The summed E-state index contributed by atoms with van der Waals surface area (Å²) >= 11 is 0. The van der Waals surface area contributed by atoms with Gasteiger partial charge < -0.3 is 14.1 Å². The number of nitrogens with zero attached hydrogens (tertiary/aromatic N) is 4. The summed E-state index contributed by atoms with van der Waals surface area (Å²) in [5.74, 6) is 1.35. The SMILES string of the molecule is CCOC(=O)[C@@H]1CCCN(c2ncccc2-c2nnc(-c3ccc(C)cc3)o2)C1. The van der Waals surface area contributed by atoms with Crippen LogP contribution < -0.4 is 4.90 Å². The third kappa shape index (κ3) is 4.13. The van der Waals surface area contributed by atoms with Gasteiger partial charge in [0.2, 0.25) is 5.89 Å². The highest BCUT2D eigenvalue weighted by molar-refractivity contribution is 5.75. The number of rotatable bonds is 5. The molecule has 0 bridgehead atoms. The summed E-state index contributed by atoms with van der Waals surface area (Å²) < 4.78 is 11.2. The maximum atomic E-state index is 12.2. The fraction of sp³-hybridized carbons (Fsp3) is 0.364. The van der Waals surface area contributed by atoms with Crippen LogP contribution in [0.25, 0.3) is 22.9 Å². The van der Waals surface area contributed by atoms with Gasteiger partial charge in [-0.25, -0.2) is 4.98 Å². The van der Waals surface area contributed by atoms with E-state index in [0.29, 0.717) is 24.9 Å². The Kier molecular flexibility index (Phi) is 5.55. The standard InChI is InChI=1S/C22H24N4O3/c1-3-28-22(27)17-6-5-13-26(14-17)19-18(7-4-12-23-19)21-25-24-20(29-21)16-10-8-15(2)9-11-16/h4,7-12,17H,3,5-6,13-14H2,1-2H3/t17-/m1/s1. The van der Waals surface area contributed by atoms with Crippen molar-refractivity contribution < 1.29 is 13.9 Å². The molecule has 29 heavy (non-hydrogen) atoms. The van der Waals surface area contributed by atoms with Gasteiger partial charge in [-0.1, -0.05) is 17.7 Å². The minimum absolute atomic E-state index is 0.144. The van der Waals surface area contributed by atoms with Crippen LogP contribution in [-0.4, -0.2) is 40.8 Å². The van der Waals surface area contributed by atoms with Gasteiger partial charge in [0.1, 0.15) is 5.82 Å². The van der Waals surface area contributed by atoms with Gasteiger partial charge in [-0.15, -0.1) is 10.2 Å². The van der Waals surface area contributed by atoms with Crippen molar-refractivity contribution in [1.29, 1.82) is 0 Å². The molecule has 150 valence electrons. The summed E-state index contributed by atoms with van der Waals surface area (Å²) in [6.45, 7) is 5.65. The number of aromatic nitrogens is 3. The highest BCUT2D eigenvalue weighted by Gasteiger charge is 2.29. The zero-order valence-electron chi connectivity index (χ0n) is 16.7. The molecule has 7 nitrogen and oxygen atoms in total. The first-order valence-corrected chi connectivity index (χ1v) is 9.93. The molecule has 0 aliphatic carbocycles. The molecule has 1 atom stereocenters. The van der Waals surface area contributed by atoms with Crippen molar-refractivity contribution in [2.75, 3.05) is 24.6 Å². The van der Waals surface area contributed by atoms with Gasteiger partial charge in [0.25, 0.3) is 5.89 Å². The molecule has 0 spiro atoms. The van der Waals surface area contributed by atoms with E-state index < -0.39 is 0 Å². The van der Waals surface area contributed by atoms with Crippen LogP contribution in [0.3, 0.4) is 0 Å². The predicted octanol–water partition coefficient (Wildman–Crippen LogP) is 3.89. The van der Waals surface area contributed by atoms with Crippen molar-refractivity contribution in [3.8, 4) is 22.9 Å². The number of pyridine rings is 1. The lowest BCUT2D eigenvalue weighted by molar-refractivity contribution is -0.148. The van der Waals surface area contributed by atoms with Crippen molar-refractivity contribution in [3.05, 3.63) is 48.2 Å². The fourth-order valence-electron chi connectivity index (χ4n) is 3.58. The monoisotopic (exact) mass is 392 g/mol. The maximum Gasteiger partial charge on any atom is 0.310 e. The first kappa shape index (κ1) is 19.1. The minimum Gasteiger partial charge on any atom is -0.466 e. The average Bonchev–Trinajstić information content (AvgIpc) is 3.25. The van der Waals surface area contributed by atoms with Crippen LogP contribution >= 0.6 is 0 Å². The maximum absolute atomic E-state index is 12.2. The summed E-state index contributed by atoms with van der Waals surface area (Å²) in [7, 11) is 0. The molecule has 0 saturated carbocycles. The van der Waals surface area contributed by atoms with Crippen molar-refractivity contribution in [1.82, 2.24) is 15.2 Å². The molecule has 7 heteroatoms. The number of hydrogen-bond donors (Lipinski definition) is 0. The Hall–Kier alpha value is -3.22. The van der Waals surface area contributed by atoms with Gasteiger partial charge in [0.15, 0.2) is 0 Å². The molecule has 3 aromatic rings. The zero-order chi connectivity index (χ0) is 20.2. The Bertz CT molecular complexity index is 984. The number of carbonyl (C=O) groups excluding carboxylic acids is 1. The Morgan fingerprint density at radius 2 is 2.00 bits per heavy atom. The van der Waals surface area contributed by atoms with Crippen LogP contribution in [0.5, 0.6) is 0 Å². The number of benzene rings is 1. The molecule has 1 saturated heterocycles. The second kappa shape index (κ2) is 8.43. The smallest absolute Gasteiger partial charge is 0.310 e. The molecular weight excluding hydrogens is 368 g/mol. The first-order valence-electron chi connectivity index (χ1n) is 9.93. The van der Waals surface area contributed by atoms with Crippen molar-refractivity contribution in [2.45, 2.75) is 26.7 Å². The molecule has 0 unspecified atom stereocenters. The van der Waals surface area contributed by atoms with Crippen LogP contribution in [-0.2, 0) is 9.53 Å².